The minimum Gasteiger partial charge on any atom is -0.372 e. The van der Waals surface area contributed by atoms with E-state index in [1.165, 1.54) is 25.7 Å². The van der Waals surface area contributed by atoms with E-state index in [2.05, 4.69) is 36.2 Å². The highest BCUT2D eigenvalue weighted by molar-refractivity contribution is 9.10. The molecule has 0 bridgehead atoms. The van der Waals surface area contributed by atoms with Crippen molar-refractivity contribution in [1.82, 2.24) is 19.9 Å². The zero-order valence-corrected chi connectivity index (χ0v) is 12.9. The zero-order valence-electron chi connectivity index (χ0n) is 11.3. The van der Waals surface area contributed by atoms with Gasteiger partial charge in [-0.2, -0.15) is 0 Å². The molecule has 0 unspecified atom stereocenters. The summed E-state index contributed by atoms with van der Waals surface area (Å²) in [5.41, 5.74) is 1.07. The Balaban J connectivity index is 2.09. The summed E-state index contributed by atoms with van der Waals surface area (Å²) in [5, 5.41) is 3.12. The molecule has 6 heteroatoms. The average Bonchev–Trinajstić information content (AvgIpc) is 3.02. The lowest BCUT2D eigenvalue weighted by molar-refractivity contribution is 0.690. The van der Waals surface area contributed by atoms with Gasteiger partial charge in [-0.25, -0.2) is 19.9 Å². The molecule has 2 aromatic rings. The Kier molecular flexibility index (Phi) is 3.91. The molecule has 0 amide bonds. The van der Waals surface area contributed by atoms with Crippen LogP contribution in [0.2, 0.25) is 0 Å². The third-order valence-electron chi connectivity index (χ3n) is 3.62. The van der Waals surface area contributed by atoms with E-state index in [-0.39, 0.29) is 0 Å². The molecule has 0 radical (unpaired) electrons. The summed E-state index contributed by atoms with van der Waals surface area (Å²) in [4.78, 5) is 17.7. The third kappa shape index (κ3) is 2.52. The average molecular weight is 334 g/mol. The molecule has 104 valence electrons. The van der Waals surface area contributed by atoms with Crippen LogP contribution < -0.4 is 5.32 Å². The van der Waals surface area contributed by atoms with Crippen LogP contribution >= 0.6 is 15.9 Å². The number of hydrogen-bond acceptors (Lipinski definition) is 5. The number of hydrogen-bond donors (Lipinski definition) is 1. The van der Waals surface area contributed by atoms with Gasteiger partial charge in [0.05, 0.1) is 10.2 Å². The first-order valence-electron chi connectivity index (χ1n) is 6.82. The van der Waals surface area contributed by atoms with Crippen LogP contribution in [0.1, 0.15) is 37.3 Å². The summed E-state index contributed by atoms with van der Waals surface area (Å²) in [6, 6.07) is 1.79. The molecule has 20 heavy (non-hydrogen) atoms. The summed E-state index contributed by atoms with van der Waals surface area (Å²) in [6.45, 7) is 0. The lowest BCUT2D eigenvalue weighted by atomic mass is 10.0. The zero-order chi connectivity index (χ0) is 13.9. The van der Waals surface area contributed by atoms with Crippen LogP contribution in [0.25, 0.3) is 11.6 Å². The molecule has 1 aliphatic rings. The molecule has 0 aromatic carbocycles. The summed E-state index contributed by atoms with van der Waals surface area (Å²) in [5.74, 6) is 2.45. The van der Waals surface area contributed by atoms with Crippen LogP contribution in [0.4, 0.5) is 5.82 Å². The van der Waals surface area contributed by atoms with Gasteiger partial charge in [0.2, 0.25) is 0 Å². The van der Waals surface area contributed by atoms with Crippen LogP contribution in [0.5, 0.6) is 0 Å². The molecule has 3 rings (SSSR count). The minimum atomic E-state index is 0.502. The Bertz CT molecular complexity index is 596. The van der Waals surface area contributed by atoms with E-state index in [9.17, 15) is 0 Å². The second-order valence-electron chi connectivity index (χ2n) is 4.90. The maximum atomic E-state index is 4.71. The van der Waals surface area contributed by atoms with Crippen molar-refractivity contribution >= 4 is 21.7 Å². The number of nitrogens with one attached hydrogen (secondary N) is 1. The highest BCUT2D eigenvalue weighted by atomic mass is 79.9. The van der Waals surface area contributed by atoms with Gasteiger partial charge in [0.15, 0.2) is 11.6 Å². The van der Waals surface area contributed by atoms with E-state index in [1.807, 2.05) is 7.05 Å². The van der Waals surface area contributed by atoms with Crippen molar-refractivity contribution in [2.24, 2.45) is 0 Å². The van der Waals surface area contributed by atoms with E-state index in [0.29, 0.717) is 17.6 Å². The van der Waals surface area contributed by atoms with Crippen LogP contribution in [-0.4, -0.2) is 27.0 Å². The predicted octanol–water partition coefficient (Wildman–Crippen LogP) is 3.40. The topological polar surface area (TPSA) is 63.6 Å². The van der Waals surface area contributed by atoms with Gasteiger partial charge in [-0.05, 0) is 34.8 Å². The number of rotatable bonds is 3. The number of halogens is 1. The summed E-state index contributed by atoms with van der Waals surface area (Å²) in [6.07, 6.45) is 8.34. The van der Waals surface area contributed by atoms with E-state index < -0.39 is 0 Å². The standard InChI is InChI=1S/C14H16BrN5/c1-16-12-10(15)11(9-5-2-3-6-9)19-14(20-12)13-17-7-4-8-18-13/h4,7-9H,2-3,5-6H2,1H3,(H,16,19,20). The molecule has 0 spiro atoms. The monoisotopic (exact) mass is 333 g/mol. The molecule has 1 fully saturated rings. The van der Waals surface area contributed by atoms with Gasteiger partial charge in [-0.15, -0.1) is 0 Å². The summed E-state index contributed by atoms with van der Waals surface area (Å²) < 4.78 is 0.964. The van der Waals surface area contributed by atoms with Crippen molar-refractivity contribution in [1.29, 1.82) is 0 Å². The SMILES string of the molecule is CNc1nc(-c2ncccn2)nc(C2CCCC2)c1Br. The Morgan fingerprint density at radius 1 is 1.10 bits per heavy atom. The fourth-order valence-corrected chi connectivity index (χ4v) is 3.31. The molecule has 1 aliphatic carbocycles. The van der Waals surface area contributed by atoms with Gasteiger partial charge in [0, 0.05) is 25.4 Å². The maximum absolute atomic E-state index is 4.71. The second kappa shape index (κ2) is 5.83. The Morgan fingerprint density at radius 2 is 1.80 bits per heavy atom. The van der Waals surface area contributed by atoms with E-state index in [4.69, 9.17) is 4.98 Å². The van der Waals surface area contributed by atoms with Crippen molar-refractivity contribution in [3.63, 3.8) is 0 Å². The highest BCUT2D eigenvalue weighted by Gasteiger charge is 2.24. The van der Waals surface area contributed by atoms with Gasteiger partial charge in [0.25, 0.3) is 0 Å². The fraction of sp³-hybridized carbons (Fsp3) is 0.429. The van der Waals surface area contributed by atoms with Crippen molar-refractivity contribution in [2.45, 2.75) is 31.6 Å². The lowest BCUT2D eigenvalue weighted by Gasteiger charge is -2.14. The molecule has 0 atom stereocenters. The summed E-state index contributed by atoms with van der Waals surface area (Å²) >= 11 is 3.63. The Labute approximate surface area is 126 Å². The molecule has 2 aromatic heterocycles. The summed E-state index contributed by atoms with van der Waals surface area (Å²) in [7, 11) is 1.86. The van der Waals surface area contributed by atoms with E-state index in [1.54, 1.807) is 18.5 Å². The first-order valence-corrected chi connectivity index (χ1v) is 7.61. The van der Waals surface area contributed by atoms with Crippen molar-refractivity contribution in [2.75, 3.05) is 12.4 Å². The van der Waals surface area contributed by atoms with Crippen molar-refractivity contribution in [3.8, 4) is 11.6 Å². The van der Waals surface area contributed by atoms with Gasteiger partial charge < -0.3 is 5.32 Å². The molecule has 0 aliphatic heterocycles. The maximum Gasteiger partial charge on any atom is 0.200 e. The number of aromatic nitrogens is 4. The highest BCUT2D eigenvalue weighted by Crippen LogP contribution is 2.39. The van der Waals surface area contributed by atoms with Crippen LogP contribution in [-0.2, 0) is 0 Å². The predicted molar refractivity (Wildman–Crippen MR) is 81.5 cm³/mol. The normalized spacial score (nSPS) is 15.5. The Morgan fingerprint density at radius 3 is 2.45 bits per heavy atom. The molecule has 1 N–H and O–H groups in total. The van der Waals surface area contributed by atoms with Crippen LogP contribution in [0.3, 0.4) is 0 Å². The molecule has 5 nitrogen and oxygen atoms in total. The van der Waals surface area contributed by atoms with Gasteiger partial charge in [-0.1, -0.05) is 12.8 Å². The Hall–Kier alpha value is -1.56. The van der Waals surface area contributed by atoms with Gasteiger partial charge in [-0.3, -0.25) is 0 Å². The third-order valence-corrected chi connectivity index (χ3v) is 4.40. The smallest absolute Gasteiger partial charge is 0.200 e. The van der Waals surface area contributed by atoms with E-state index >= 15 is 0 Å². The first kappa shape index (κ1) is 13.4. The van der Waals surface area contributed by atoms with E-state index in [0.717, 1.165) is 16.0 Å². The van der Waals surface area contributed by atoms with Crippen LogP contribution in [0, 0.1) is 0 Å². The van der Waals surface area contributed by atoms with Crippen molar-refractivity contribution < 1.29 is 0 Å². The largest absolute Gasteiger partial charge is 0.372 e. The number of nitrogens with zero attached hydrogens (tertiary/aromatic N) is 4. The fourth-order valence-electron chi connectivity index (χ4n) is 2.61. The molecular weight excluding hydrogens is 318 g/mol. The second-order valence-corrected chi connectivity index (χ2v) is 5.69. The van der Waals surface area contributed by atoms with Gasteiger partial charge in [0.1, 0.15) is 5.82 Å². The lowest BCUT2D eigenvalue weighted by Crippen LogP contribution is -2.07. The van der Waals surface area contributed by atoms with Crippen molar-refractivity contribution in [3.05, 3.63) is 28.6 Å². The minimum absolute atomic E-state index is 0.502. The molecule has 0 saturated heterocycles. The first-order chi connectivity index (χ1) is 9.79. The van der Waals surface area contributed by atoms with Gasteiger partial charge >= 0.3 is 0 Å². The van der Waals surface area contributed by atoms with Crippen LogP contribution in [0.15, 0.2) is 22.9 Å². The quantitative estimate of drug-likeness (QED) is 0.932. The molecule has 2 heterocycles. The number of anilines is 1. The molecular formula is C14H16BrN5. The molecule has 1 saturated carbocycles.